The number of benzene rings is 2. The molecule has 150 valence electrons. The summed E-state index contributed by atoms with van der Waals surface area (Å²) in [7, 11) is 0. The van der Waals surface area contributed by atoms with E-state index >= 15 is 0 Å². The molecule has 28 heavy (non-hydrogen) atoms. The van der Waals surface area contributed by atoms with Gasteiger partial charge in [-0.3, -0.25) is 0 Å². The van der Waals surface area contributed by atoms with Gasteiger partial charge in [0, 0.05) is 30.9 Å². The van der Waals surface area contributed by atoms with E-state index in [-0.39, 0.29) is 24.4 Å². The molecule has 2 amide bonds. The van der Waals surface area contributed by atoms with Gasteiger partial charge in [-0.25, -0.2) is 4.79 Å². The van der Waals surface area contributed by atoms with Crippen molar-refractivity contribution < 1.29 is 27.8 Å². The number of ether oxygens (including phenoxy) is 1. The van der Waals surface area contributed by atoms with Crippen molar-refractivity contribution in [3.63, 3.8) is 0 Å². The molecule has 2 aromatic carbocycles. The van der Waals surface area contributed by atoms with Gasteiger partial charge in [0.25, 0.3) is 0 Å². The lowest BCUT2D eigenvalue weighted by Gasteiger charge is -2.24. The Labute approximate surface area is 160 Å². The number of anilines is 1. The Morgan fingerprint density at radius 2 is 1.89 bits per heavy atom. The summed E-state index contributed by atoms with van der Waals surface area (Å²) in [5.41, 5.74) is -0.317. The highest BCUT2D eigenvalue weighted by atomic mass is 19.4. The first-order chi connectivity index (χ1) is 13.4. The van der Waals surface area contributed by atoms with Crippen LogP contribution in [0.2, 0.25) is 0 Å². The molecule has 1 saturated heterocycles. The number of nitrogens with zero attached hydrogens (tertiary/aromatic N) is 1. The van der Waals surface area contributed by atoms with Crippen LogP contribution in [0.15, 0.2) is 48.5 Å². The van der Waals surface area contributed by atoms with Gasteiger partial charge in [0.2, 0.25) is 0 Å². The summed E-state index contributed by atoms with van der Waals surface area (Å²) in [6.07, 6.45) is -2.17. The summed E-state index contributed by atoms with van der Waals surface area (Å²) < 4.78 is 44.0. The second-order valence-corrected chi connectivity index (χ2v) is 6.59. The maximum absolute atomic E-state index is 12.8. The van der Waals surface area contributed by atoms with Gasteiger partial charge in [0.15, 0.2) is 0 Å². The van der Waals surface area contributed by atoms with E-state index in [1.165, 1.54) is 12.1 Å². The summed E-state index contributed by atoms with van der Waals surface area (Å²) in [4.78, 5) is 14.2. The molecule has 0 aromatic heterocycles. The molecule has 1 unspecified atom stereocenters. The number of likely N-dealkylation sites (tertiary alicyclic amines) is 1. The second-order valence-electron chi connectivity index (χ2n) is 6.59. The molecule has 1 aliphatic rings. The number of rotatable bonds is 5. The number of hydrogen-bond acceptors (Lipinski definition) is 3. The van der Waals surface area contributed by atoms with Crippen LogP contribution in [-0.2, 0) is 6.18 Å². The molecule has 0 bridgehead atoms. The van der Waals surface area contributed by atoms with E-state index in [9.17, 15) is 18.0 Å². The van der Waals surface area contributed by atoms with Gasteiger partial charge in [-0.15, -0.1) is 0 Å². The van der Waals surface area contributed by atoms with Crippen molar-refractivity contribution in [3.05, 3.63) is 54.1 Å². The van der Waals surface area contributed by atoms with E-state index in [1.54, 1.807) is 29.2 Å². The van der Waals surface area contributed by atoms with Gasteiger partial charge < -0.3 is 20.1 Å². The predicted molar refractivity (Wildman–Crippen MR) is 98.4 cm³/mol. The maximum atomic E-state index is 12.8. The molecule has 0 radical (unpaired) electrons. The van der Waals surface area contributed by atoms with Gasteiger partial charge in [-0.1, -0.05) is 12.1 Å². The van der Waals surface area contributed by atoms with Crippen molar-refractivity contribution in [1.82, 2.24) is 4.90 Å². The van der Waals surface area contributed by atoms with E-state index in [2.05, 4.69) is 5.32 Å². The zero-order chi connectivity index (χ0) is 20.1. The molecule has 1 atom stereocenters. The number of nitrogens with one attached hydrogen (secondary N) is 1. The molecule has 8 heteroatoms. The van der Waals surface area contributed by atoms with Crippen molar-refractivity contribution in [2.75, 3.05) is 18.5 Å². The number of urea groups is 1. The number of hydrogen-bond donors (Lipinski definition) is 2. The molecule has 0 saturated carbocycles. The van der Waals surface area contributed by atoms with Gasteiger partial charge in [-0.05, 0) is 49.6 Å². The van der Waals surface area contributed by atoms with E-state index in [1.807, 2.05) is 0 Å². The fraction of sp³-hybridized carbons (Fsp3) is 0.350. The fourth-order valence-electron chi connectivity index (χ4n) is 3.26. The van der Waals surface area contributed by atoms with Crippen molar-refractivity contribution in [1.29, 1.82) is 0 Å². The van der Waals surface area contributed by atoms with E-state index < -0.39 is 11.7 Å². The zero-order valence-corrected chi connectivity index (χ0v) is 15.1. The predicted octanol–water partition coefficient (Wildman–Crippen LogP) is 4.88. The molecular weight excluding hydrogens is 373 g/mol. The third-order valence-electron chi connectivity index (χ3n) is 4.58. The smallest absolute Gasteiger partial charge is 0.416 e. The van der Waals surface area contributed by atoms with Crippen LogP contribution in [0.1, 0.15) is 24.8 Å². The number of aliphatic hydroxyl groups excluding tert-OH is 1. The molecule has 2 aromatic rings. The molecule has 1 fully saturated rings. The largest absolute Gasteiger partial charge is 0.457 e. The zero-order valence-electron chi connectivity index (χ0n) is 15.1. The molecular formula is C20H21F3N2O3. The van der Waals surface area contributed by atoms with Gasteiger partial charge >= 0.3 is 12.2 Å². The van der Waals surface area contributed by atoms with E-state index in [0.717, 1.165) is 25.0 Å². The molecule has 5 nitrogen and oxygen atoms in total. The number of amides is 2. The van der Waals surface area contributed by atoms with Crippen LogP contribution >= 0.6 is 0 Å². The van der Waals surface area contributed by atoms with Crippen molar-refractivity contribution in [2.24, 2.45) is 0 Å². The Bertz CT molecular complexity index is 826. The van der Waals surface area contributed by atoms with Crippen LogP contribution in [0.4, 0.5) is 23.7 Å². The van der Waals surface area contributed by atoms with Crippen molar-refractivity contribution in [2.45, 2.75) is 31.5 Å². The lowest BCUT2D eigenvalue weighted by atomic mass is 10.1. The lowest BCUT2D eigenvalue weighted by molar-refractivity contribution is -0.137. The molecule has 2 N–H and O–H groups in total. The first kappa shape index (κ1) is 20.0. The van der Waals surface area contributed by atoms with Crippen molar-refractivity contribution >= 4 is 11.7 Å². The van der Waals surface area contributed by atoms with Crippen LogP contribution in [0.25, 0.3) is 0 Å². The summed E-state index contributed by atoms with van der Waals surface area (Å²) in [6, 6.07) is 10.8. The van der Waals surface area contributed by atoms with Crippen LogP contribution in [0.3, 0.4) is 0 Å². The highest BCUT2D eigenvalue weighted by Crippen LogP contribution is 2.33. The Morgan fingerprint density at radius 1 is 1.18 bits per heavy atom. The first-order valence-corrected chi connectivity index (χ1v) is 9.00. The molecule has 1 aliphatic heterocycles. The standard InChI is InChI=1S/C20H21F3N2O3/c21-20(22,23)14-4-1-7-17(12-14)28-18-8-2-5-15(13-18)24-19(27)25-10-3-6-16(25)9-11-26/h1-2,4-5,7-8,12-13,16,26H,3,6,9-11H2,(H,24,27). The topological polar surface area (TPSA) is 61.8 Å². The number of carbonyl (C=O) groups excluding carboxylic acids is 1. The number of alkyl halides is 3. The normalized spacial score (nSPS) is 16.9. The molecule has 0 aliphatic carbocycles. The maximum Gasteiger partial charge on any atom is 0.416 e. The fourth-order valence-corrected chi connectivity index (χ4v) is 3.26. The SMILES string of the molecule is O=C(Nc1cccc(Oc2cccc(C(F)(F)F)c2)c1)N1CCCC1CCO. The van der Waals surface area contributed by atoms with Gasteiger partial charge in [0.05, 0.1) is 5.56 Å². The third-order valence-corrected chi connectivity index (χ3v) is 4.58. The third kappa shape index (κ3) is 4.95. The van der Waals surface area contributed by atoms with E-state index in [0.29, 0.717) is 24.4 Å². The summed E-state index contributed by atoms with van der Waals surface area (Å²) >= 11 is 0. The minimum Gasteiger partial charge on any atom is -0.457 e. The first-order valence-electron chi connectivity index (χ1n) is 9.00. The Hall–Kier alpha value is -2.74. The highest BCUT2D eigenvalue weighted by molar-refractivity contribution is 5.90. The molecule has 1 heterocycles. The summed E-state index contributed by atoms with van der Waals surface area (Å²) in [6.45, 7) is 0.645. The van der Waals surface area contributed by atoms with Crippen LogP contribution in [0.5, 0.6) is 11.5 Å². The monoisotopic (exact) mass is 394 g/mol. The lowest BCUT2D eigenvalue weighted by Crippen LogP contribution is -2.39. The second kappa shape index (κ2) is 8.52. The van der Waals surface area contributed by atoms with Crippen LogP contribution in [0, 0.1) is 0 Å². The van der Waals surface area contributed by atoms with Crippen LogP contribution < -0.4 is 10.1 Å². The average molecular weight is 394 g/mol. The minimum absolute atomic E-state index is 0.00883. The van der Waals surface area contributed by atoms with Crippen LogP contribution in [-0.4, -0.2) is 35.2 Å². The average Bonchev–Trinajstić information content (AvgIpc) is 3.10. The summed E-state index contributed by atoms with van der Waals surface area (Å²) in [5.74, 6) is 0.367. The quantitative estimate of drug-likeness (QED) is 0.760. The summed E-state index contributed by atoms with van der Waals surface area (Å²) in [5, 5.41) is 11.9. The van der Waals surface area contributed by atoms with E-state index in [4.69, 9.17) is 9.84 Å². The molecule has 3 rings (SSSR count). The van der Waals surface area contributed by atoms with Gasteiger partial charge in [-0.2, -0.15) is 13.2 Å². The number of aliphatic hydroxyl groups is 1. The van der Waals surface area contributed by atoms with Gasteiger partial charge in [0.1, 0.15) is 11.5 Å². The Kier molecular flexibility index (Phi) is 6.08. The Balaban J connectivity index is 1.68. The number of carbonyl (C=O) groups is 1. The Morgan fingerprint density at radius 3 is 2.61 bits per heavy atom. The number of halogens is 3. The molecule has 0 spiro atoms. The highest BCUT2D eigenvalue weighted by Gasteiger charge is 2.31. The van der Waals surface area contributed by atoms with Crippen molar-refractivity contribution in [3.8, 4) is 11.5 Å². The minimum atomic E-state index is -4.45.